The third-order valence-electron chi connectivity index (χ3n) is 3.91. The standard InChI is InChI=1S/C15H13F3O2/c16-15(17,18)20-14-3-1-9(2-4-14)10-5-11-7-13(19)8-12(11)6-10/h1-5,11-12H,6-8H2. The second kappa shape index (κ2) is 4.65. The Morgan fingerprint density at radius 2 is 1.75 bits per heavy atom. The molecular weight excluding hydrogens is 269 g/mol. The lowest BCUT2D eigenvalue weighted by atomic mass is 9.98. The van der Waals surface area contributed by atoms with Crippen molar-refractivity contribution in [2.24, 2.45) is 11.8 Å². The zero-order chi connectivity index (χ0) is 14.3. The number of benzene rings is 1. The number of ether oxygens (including phenoxy) is 1. The molecular formula is C15H13F3O2. The molecule has 106 valence electrons. The van der Waals surface area contributed by atoms with E-state index in [9.17, 15) is 18.0 Å². The average molecular weight is 282 g/mol. The van der Waals surface area contributed by atoms with Gasteiger partial charge in [0.05, 0.1) is 0 Å². The normalized spacial score (nSPS) is 25.6. The second-order valence-electron chi connectivity index (χ2n) is 5.34. The number of Topliss-reactive ketones (excluding diaryl/α,β-unsaturated/α-hetero) is 1. The number of carbonyl (C=O) groups is 1. The van der Waals surface area contributed by atoms with Crippen molar-refractivity contribution >= 4 is 11.4 Å². The first-order valence-corrected chi connectivity index (χ1v) is 6.49. The Bertz CT molecular complexity index is 557. The highest BCUT2D eigenvalue weighted by Crippen LogP contribution is 2.44. The summed E-state index contributed by atoms with van der Waals surface area (Å²) in [4.78, 5) is 11.3. The summed E-state index contributed by atoms with van der Waals surface area (Å²) in [5.41, 5.74) is 2.02. The van der Waals surface area contributed by atoms with Crippen molar-refractivity contribution in [3.05, 3.63) is 35.9 Å². The second-order valence-corrected chi connectivity index (χ2v) is 5.34. The highest BCUT2D eigenvalue weighted by atomic mass is 19.4. The van der Waals surface area contributed by atoms with E-state index in [0.29, 0.717) is 30.5 Å². The summed E-state index contributed by atoms with van der Waals surface area (Å²) >= 11 is 0. The highest BCUT2D eigenvalue weighted by Gasteiger charge is 2.36. The summed E-state index contributed by atoms with van der Waals surface area (Å²) in [6.45, 7) is 0. The van der Waals surface area contributed by atoms with Gasteiger partial charge < -0.3 is 4.74 Å². The van der Waals surface area contributed by atoms with Crippen molar-refractivity contribution in [2.45, 2.75) is 25.6 Å². The van der Waals surface area contributed by atoms with Crippen molar-refractivity contribution in [3.8, 4) is 5.75 Å². The van der Waals surface area contributed by atoms with Gasteiger partial charge in [0.15, 0.2) is 0 Å². The van der Waals surface area contributed by atoms with Crippen molar-refractivity contribution in [1.82, 2.24) is 0 Å². The third-order valence-corrected chi connectivity index (χ3v) is 3.91. The van der Waals surface area contributed by atoms with E-state index >= 15 is 0 Å². The van der Waals surface area contributed by atoms with E-state index < -0.39 is 6.36 Å². The molecule has 0 aliphatic heterocycles. The van der Waals surface area contributed by atoms with Crippen molar-refractivity contribution in [1.29, 1.82) is 0 Å². The van der Waals surface area contributed by atoms with Crippen LogP contribution < -0.4 is 4.74 Å². The maximum absolute atomic E-state index is 12.1. The van der Waals surface area contributed by atoms with E-state index in [2.05, 4.69) is 10.8 Å². The predicted octanol–water partition coefficient (Wildman–Crippen LogP) is 3.97. The molecule has 1 saturated carbocycles. The van der Waals surface area contributed by atoms with Gasteiger partial charge in [-0.05, 0) is 41.5 Å². The molecule has 1 aromatic rings. The molecule has 3 rings (SSSR count). The largest absolute Gasteiger partial charge is 0.573 e. The van der Waals surface area contributed by atoms with Crippen LogP contribution in [0.25, 0.3) is 5.57 Å². The van der Waals surface area contributed by atoms with Crippen LogP contribution in [-0.2, 0) is 4.79 Å². The molecule has 1 fully saturated rings. The molecule has 0 heterocycles. The van der Waals surface area contributed by atoms with Crippen LogP contribution in [0.2, 0.25) is 0 Å². The molecule has 0 N–H and O–H groups in total. The van der Waals surface area contributed by atoms with Crippen LogP contribution in [-0.4, -0.2) is 12.1 Å². The van der Waals surface area contributed by atoms with Gasteiger partial charge in [-0.15, -0.1) is 13.2 Å². The fourth-order valence-corrected chi connectivity index (χ4v) is 3.07. The molecule has 0 bridgehead atoms. The van der Waals surface area contributed by atoms with Crippen LogP contribution in [0, 0.1) is 11.8 Å². The van der Waals surface area contributed by atoms with Gasteiger partial charge in [0.25, 0.3) is 0 Å². The third kappa shape index (κ3) is 2.71. The smallest absolute Gasteiger partial charge is 0.406 e. The summed E-state index contributed by atoms with van der Waals surface area (Å²) in [7, 11) is 0. The number of hydrogen-bond donors (Lipinski definition) is 0. The van der Waals surface area contributed by atoms with Gasteiger partial charge in [-0.3, -0.25) is 4.79 Å². The lowest BCUT2D eigenvalue weighted by Crippen LogP contribution is -2.16. The summed E-state index contributed by atoms with van der Waals surface area (Å²) in [5.74, 6) is 0.784. The number of rotatable bonds is 2. The Morgan fingerprint density at radius 3 is 2.35 bits per heavy atom. The zero-order valence-corrected chi connectivity index (χ0v) is 10.6. The number of hydrogen-bond acceptors (Lipinski definition) is 2. The number of fused-ring (bicyclic) bond motifs is 1. The molecule has 2 atom stereocenters. The average Bonchev–Trinajstić information content (AvgIpc) is 2.84. The number of carbonyl (C=O) groups excluding carboxylic acids is 1. The van der Waals surface area contributed by atoms with Gasteiger partial charge in [-0.25, -0.2) is 0 Å². The van der Waals surface area contributed by atoms with Crippen LogP contribution in [0.15, 0.2) is 30.3 Å². The summed E-state index contributed by atoms with van der Waals surface area (Å²) in [5, 5.41) is 0. The molecule has 20 heavy (non-hydrogen) atoms. The Balaban J connectivity index is 1.73. The molecule has 0 spiro atoms. The van der Waals surface area contributed by atoms with Crippen LogP contribution in [0.5, 0.6) is 5.75 Å². The van der Waals surface area contributed by atoms with E-state index in [0.717, 1.165) is 17.6 Å². The van der Waals surface area contributed by atoms with Gasteiger partial charge in [0.2, 0.25) is 0 Å². The Labute approximate surface area is 114 Å². The Kier molecular flexibility index (Phi) is 3.07. The van der Waals surface area contributed by atoms with Crippen molar-refractivity contribution < 1.29 is 22.7 Å². The Hall–Kier alpha value is -1.78. The number of ketones is 1. The topological polar surface area (TPSA) is 26.3 Å². The lowest BCUT2D eigenvalue weighted by molar-refractivity contribution is -0.274. The quantitative estimate of drug-likeness (QED) is 0.820. The van der Waals surface area contributed by atoms with Crippen LogP contribution >= 0.6 is 0 Å². The summed E-state index contributed by atoms with van der Waals surface area (Å²) in [6.07, 6.45) is -0.514. The number of halogens is 3. The van der Waals surface area contributed by atoms with Crippen LogP contribution in [0.3, 0.4) is 0 Å². The van der Waals surface area contributed by atoms with Gasteiger partial charge in [-0.2, -0.15) is 0 Å². The first-order valence-electron chi connectivity index (χ1n) is 6.49. The number of alkyl halides is 3. The SMILES string of the molecule is O=C1CC2C=C(c3ccc(OC(F)(F)F)cc3)CC2C1. The minimum atomic E-state index is -4.66. The first kappa shape index (κ1) is 13.2. The van der Waals surface area contributed by atoms with E-state index in [4.69, 9.17) is 0 Å². The number of allylic oxidation sites excluding steroid dienone is 2. The molecule has 0 saturated heterocycles. The fourth-order valence-electron chi connectivity index (χ4n) is 3.07. The zero-order valence-electron chi connectivity index (χ0n) is 10.6. The fraction of sp³-hybridized carbons (Fsp3) is 0.400. The predicted molar refractivity (Wildman–Crippen MR) is 66.9 cm³/mol. The van der Waals surface area contributed by atoms with Gasteiger partial charge >= 0.3 is 6.36 Å². The molecule has 0 aromatic heterocycles. The Morgan fingerprint density at radius 1 is 1.05 bits per heavy atom. The maximum Gasteiger partial charge on any atom is 0.573 e. The van der Waals surface area contributed by atoms with Gasteiger partial charge in [0.1, 0.15) is 11.5 Å². The molecule has 2 aliphatic carbocycles. The minimum Gasteiger partial charge on any atom is -0.406 e. The van der Waals surface area contributed by atoms with Crippen LogP contribution in [0.4, 0.5) is 13.2 Å². The molecule has 2 nitrogen and oxygen atoms in total. The lowest BCUT2D eigenvalue weighted by Gasteiger charge is -2.10. The van der Waals surface area contributed by atoms with E-state index in [1.165, 1.54) is 12.1 Å². The van der Waals surface area contributed by atoms with Crippen molar-refractivity contribution in [3.63, 3.8) is 0 Å². The van der Waals surface area contributed by atoms with E-state index in [-0.39, 0.29) is 5.75 Å². The van der Waals surface area contributed by atoms with Gasteiger partial charge in [0, 0.05) is 12.8 Å². The first-order chi connectivity index (χ1) is 9.40. The molecule has 2 aliphatic rings. The maximum atomic E-state index is 12.1. The molecule has 0 amide bonds. The van der Waals surface area contributed by atoms with Crippen molar-refractivity contribution in [2.75, 3.05) is 0 Å². The summed E-state index contributed by atoms with van der Waals surface area (Å²) in [6, 6.07) is 5.91. The molecule has 0 radical (unpaired) electrons. The molecule has 1 aromatic carbocycles. The van der Waals surface area contributed by atoms with Crippen LogP contribution in [0.1, 0.15) is 24.8 Å². The molecule has 2 unspecified atom stereocenters. The van der Waals surface area contributed by atoms with E-state index in [1.807, 2.05) is 0 Å². The monoisotopic (exact) mass is 282 g/mol. The van der Waals surface area contributed by atoms with E-state index in [1.54, 1.807) is 12.1 Å². The minimum absolute atomic E-state index is 0.213. The molecule has 5 heteroatoms. The summed E-state index contributed by atoms with van der Waals surface area (Å²) < 4.78 is 40.1. The van der Waals surface area contributed by atoms with Gasteiger partial charge in [-0.1, -0.05) is 18.2 Å². The highest BCUT2D eigenvalue weighted by molar-refractivity contribution is 5.84.